The van der Waals surface area contributed by atoms with E-state index in [0.29, 0.717) is 19.0 Å². The Kier molecular flexibility index (Phi) is 5.65. The molecule has 2 aromatic rings. The van der Waals surface area contributed by atoms with Gasteiger partial charge in [-0.15, -0.1) is 0 Å². The minimum atomic E-state index is -0.114. The molecular formula is C18H24N4O3. The summed E-state index contributed by atoms with van der Waals surface area (Å²) in [6.45, 7) is 3.12. The van der Waals surface area contributed by atoms with Crippen molar-refractivity contribution in [3.8, 4) is 5.75 Å². The zero-order valence-corrected chi connectivity index (χ0v) is 14.7. The molecule has 0 radical (unpaired) electrons. The average Bonchev–Trinajstić information content (AvgIpc) is 3.02. The van der Waals surface area contributed by atoms with Crippen LogP contribution in [0.1, 0.15) is 30.6 Å². The van der Waals surface area contributed by atoms with Crippen molar-refractivity contribution in [1.29, 1.82) is 0 Å². The van der Waals surface area contributed by atoms with Crippen LogP contribution in [0.5, 0.6) is 5.75 Å². The van der Waals surface area contributed by atoms with Crippen LogP contribution in [-0.4, -0.2) is 40.4 Å². The van der Waals surface area contributed by atoms with E-state index < -0.39 is 0 Å². The predicted molar refractivity (Wildman–Crippen MR) is 92.3 cm³/mol. The number of hydrogen-bond donors (Lipinski definition) is 1. The highest BCUT2D eigenvalue weighted by Crippen LogP contribution is 2.18. The largest absolute Gasteiger partial charge is 0.483 e. The molecule has 3 rings (SSSR count). The molecule has 2 heterocycles. The summed E-state index contributed by atoms with van der Waals surface area (Å²) in [7, 11) is 1.62. The van der Waals surface area contributed by atoms with E-state index in [2.05, 4.69) is 22.3 Å². The number of aromatic nitrogens is 3. The Hall–Kier alpha value is -2.41. The molecule has 1 atom stereocenters. The molecule has 1 aliphatic rings. The molecule has 7 nitrogen and oxygen atoms in total. The molecule has 134 valence electrons. The van der Waals surface area contributed by atoms with E-state index >= 15 is 0 Å². The molecule has 0 aliphatic carbocycles. The second kappa shape index (κ2) is 8.11. The molecule has 1 amide bonds. The smallest absolute Gasteiger partial charge is 0.258 e. The second-order valence-corrected chi connectivity index (χ2v) is 6.11. The molecule has 25 heavy (non-hydrogen) atoms. The third-order valence-corrected chi connectivity index (χ3v) is 4.25. The first kappa shape index (κ1) is 17.4. The van der Waals surface area contributed by atoms with E-state index in [-0.39, 0.29) is 18.6 Å². The highest BCUT2D eigenvalue weighted by Gasteiger charge is 2.23. The van der Waals surface area contributed by atoms with Gasteiger partial charge in [-0.25, -0.2) is 9.67 Å². The van der Waals surface area contributed by atoms with Crippen molar-refractivity contribution in [3.05, 3.63) is 41.5 Å². The monoisotopic (exact) mass is 344 g/mol. The number of carbonyl (C=O) groups excluding carboxylic acids is 1. The normalized spacial score (nSPS) is 16.3. The lowest BCUT2D eigenvalue weighted by atomic mass is 10.1. The highest BCUT2D eigenvalue weighted by atomic mass is 16.5. The number of ether oxygens (including phenoxy) is 2. The number of para-hydroxylation sites is 1. The maximum Gasteiger partial charge on any atom is 0.258 e. The summed E-state index contributed by atoms with van der Waals surface area (Å²) in [6, 6.07) is 7.84. The maximum atomic E-state index is 12.2. The lowest BCUT2D eigenvalue weighted by molar-refractivity contribution is -0.124. The SMILES string of the molecule is CCc1ccccc1OCC(=O)NC1CCc2nc(COC)nn2C1. The lowest BCUT2D eigenvalue weighted by Gasteiger charge is -2.23. The van der Waals surface area contributed by atoms with E-state index in [1.165, 1.54) is 0 Å². The fourth-order valence-corrected chi connectivity index (χ4v) is 3.02. The van der Waals surface area contributed by atoms with Crippen LogP contribution in [0.4, 0.5) is 0 Å². The van der Waals surface area contributed by atoms with Gasteiger partial charge in [-0.2, -0.15) is 5.10 Å². The number of benzene rings is 1. The first-order valence-corrected chi connectivity index (χ1v) is 8.61. The highest BCUT2D eigenvalue weighted by molar-refractivity contribution is 5.77. The Balaban J connectivity index is 1.51. The van der Waals surface area contributed by atoms with Crippen LogP contribution in [0.25, 0.3) is 0 Å². The molecule has 0 saturated carbocycles. The fourth-order valence-electron chi connectivity index (χ4n) is 3.02. The number of carbonyl (C=O) groups is 1. The summed E-state index contributed by atoms with van der Waals surface area (Å²) in [6.07, 6.45) is 2.52. The van der Waals surface area contributed by atoms with Crippen LogP contribution in [0.3, 0.4) is 0 Å². The van der Waals surface area contributed by atoms with Gasteiger partial charge in [-0.1, -0.05) is 25.1 Å². The Morgan fingerprint density at radius 2 is 2.24 bits per heavy atom. The van der Waals surface area contributed by atoms with Crippen molar-refractivity contribution >= 4 is 5.91 Å². The Labute approximate surface area is 147 Å². The van der Waals surface area contributed by atoms with E-state index in [1.807, 2.05) is 28.9 Å². The zero-order chi connectivity index (χ0) is 17.6. The van der Waals surface area contributed by atoms with Gasteiger partial charge < -0.3 is 14.8 Å². The summed E-state index contributed by atoms with van der Waals surface area (Å²) in [5.74, 6) is 2.29. The molecular weight excluding hydrogens is 320 g/mol. The molecule has 1 aromatic carbocycles. The van der Waals surface area contributed by atoms with Gasteiger partial charge in [0.25, 0.3) is 5.91 Å². The molecule has 1 aliphatic heterocycles. The summed E-state index contributed by atoms with van der Waals surface area (Å²) < 4.78 is 12.6. The van der Waals surface area contributed by atoms with Crippen LogP contribution in [0.15, 0.2) is 24.3 Å². The number of methoxy groups -OCH3 is 1. The molecule has 0 bridgehead atoms. The van der Waals surface area contributed by atoms with Gasteiger partial charge in [0.05, 0.1) is 6.54 Å². The number of nitrogens with zero attached hydrogens (tertiary/aromatic N) is 3. The molecule has 0 fully saturated rings. The van der Waals surface area contributed by atoms with Crippen LogP contribution < -0.4 is 10.1 Å². The Bertz CT molecular complexity index is 729. The lowest BCUT2D eigenvalue weighted by Crippen LogP contribution is -2.43. The molecule has 0 spiro atoms. The van der Waals surface area contributed by atoms with E-state index in [9.17, 15) is 4.79 Å². The third-order valence-electron chi connectivity index (χ3n) is 4.25. The number of fused-ring (bicyclic) bond motifs is 1. The van der Waals surface area contributed by atoms with Crippen molar-refractivity contribution in [1.82, 2.24) is 20.1 Å². The van der Waals surface area contributed by atoms with Crippen LogP contribution in [0, 0.1) is 0 Å². The predicted octanol–water partition coefficient (Wildman–Crippen LogP) is 1.50. The topological polar surface area (TPSA) is 78.3 Å². The Morgan fingerprint density at radius 1 is 1.40 bits per heavy atom. The number of rotatable bonds is 7. The van der Waals surface area contributed by atoms with Gasteiger partial charge in [0.1, 0.15) is 18.2 Å². The third kappa shape index (κ3) is 4.36. The second-order valence-electron chi connectivity index (χ2n) is 6.11. The standard InChI is InChI=1S/C18H24N4O3/c1-3-13-6-4-5-7-15(13)25-12-18(23)19-14-8-9-17-20-16(11-24-2)21-22(17)10-14/h4-7,14H,3,8-12H2,1-2H3,(H,19,23). The van der Waals surface area contributed by atoms with Crippen LogP contribution >= 0.6 is 0 Å². The molecule has 0 saturated heterocycles. The van der Waals surface area contributed by atoms with Crippen molar-refractivity contribution in [2.24, 2.45) is 0 Å². The summed E-state index contributed by atoms with van der Waals surface area (Å²) in [4.78, 5) is 16.6. The maximum absolute atomic E-state index is 12.2. The Morgan fingerprint density at radius 3 is 3.04 bits per heavy atom. The molecule has 7 heteroatoms. The molecule has 1 unspecified atom stereocenters. The van der Waals surface area contributed by atoms with Gasteiger partial charge in [0.15, 0.2) is 12.4 Å². The number of hydrogen-bond acceptors (Lipinski definition) is 5. The van der Waals surface area contributed by atoms with Crippen molar-refractivity contribution < 1.29 is 14.3 Å². The fraction of sp³-hybridized carbons (Fsp3) is 0.500. The zero-order valence-electron chi connectivity index (χ0n) is 14.7. The van der Waals surface area contributed by atoms with E-state index in [1.54, 1.807) is 7.11 Å². The van der Waals surface area contributed by atoms with Gasteiger partial charge in [-0.3, -0.25) is 4.79 Å². The van der Waals surface area contributed by atoms with Crippen molar-refractivity contribution in [2.45, 2.75) is 45.4 Å². The van der Waals surface area contributed by atoms with E-state index in [4.69, 9.17) is 9.47 Å². The average molecular weight is 344 g/mol. The quantitative estimate of drug-likeness (QED) is 0.823. The molecule has 1 aromatic heterocycles. The van der Waals surface area contributed by atoms with Crippen molar-refractivity contribution in [3.63, 3.8) is 0 Å². The number of amides is 1. The first-order chi connectivity index (χ1) is 12.2. The van der Waals surface area contributed by atoms with Gasteiger partial charge >= 0.3 is 0 Å². The van der Waals surface area contributed by atoms with Crippen LogP contribution in [-0.2, 0) is 35.5 Å². The summed E-state index contributed by atoms with van der Waals surface area (Å²) in [5, 5.41) is 7.44. The van der Waals surface area contributed by atoms with E-state index in [0.717, 1.165) is 36.4 Å². The number of nitrogens with one attached hydrogen (secondary N) is 1. The molecule has 1 N–H and O–H groups in total. The number of aryl methyl sites for hydroxylation is 2. The van der Waals surface area contributed by atoms with Gasteiger partial charge in [-0.05, 0) is 24.5 Å². The summed E-state index contributed by atoms with van der Waals surface area (Å²) in [5.41, 5.74) is 1.10. The van der Waals surface area contributed by atoms with Gasteiger partial charge in [0.2, 0.25) is 0 Å². The first-order valence-electron chi connectivity index (χ1n) is 8.61. The summed E-state index contributed by atoms with van der Waals surface area (Å²) >= 11 is 0. The van der Waals surface area contributed by atoms with Crippen molar-refractivity contribution in [2.75, 3.05) is 13.7 Å². The minimum absolute atomic E-state index is 0.0205. The minimum Gasteiger partial charge on any atom is -0.483 e. The van der Waals surface area contributed by atoms with Crippen LogP contribution in [0.2, 0.25) is 0 Å². The van der Waals surface area contributed by atoms with Gasteiger partial charge in [0, 0.05) is 19.6 Å².